The number of hydrogen-bond donors (Lipinski definition) is 1. The molecule has 2 aliphatic heterocycles. The van der Waals surface area contributed by atoms with Crippen LogP contribution in [0.3, 0.4) is 0 Å². The molecule has 0 bridgehead atoms. The molecule has 2 aromatic rings. The number of amides is 2. The zero-order valence-corrected chi connectivity index (χ0v) is 20.8. The van der Waals surface area contributed by atoms with Crippen LogP contribution >= 0.6 is 12.2 Å². The summed E-state index contributed by atoms with van der Waals surface area (Å²) in [6, 6.07) is 4.94. The number of thiocarbonyl (C=S) groups is 1. The van der Waals surface area contributed by atoms with Crippen LogP contribution in [0.5, 0.6) is 0 Å². The molecule has 0 unspecified atom stereocenters. The van der Waals surface area contributed by atoms with Gasteiger partial charge in [0.15, 0.2) is 0 Å². The van der Waals surface area contributed by atoms with Gasteiger partial charge in [0.25, 0.3) is 12.3 Å². The van der Waals surface area contributed by atoms with Crippen molar-refractivity contribution in [1.29, 1.82) is 0 Å². The summed E-state index contributed by atoms with van der Waals surface area (Å²) in [6.07, 6.45) is -6.18. The summed E-state index contributed by atoms with van der Waals surface area (Å²) in [4.78, 5) is 32.6. The van der Waals surface area contributed by atoms with Gasteiger partial charge in [0, 0.05) is 49.1 Å². The van der Waals surface area contributed by atoms with Crippen molar-refractivity contribution in [2.24, 2.45) is 11.1 Å². The number of nitrogens with zero attached hydrogens (tertiary/aromatic N) is 3. The van der Waals surface area contributed by atoms with Gasteiger partial charge >= 0.3 is 6.18 Å². The number of aromatic nitrogens is 1. The summed E-state index contributed by atoms with van der Waals surface area (Å²) in [7, 11) is 0. The van der Waals surface area contributed by atoms with Crippen LogP contribution < -0.4 is 5.73 Å². The Morgan fingerprint density at radius 3 is 2.27 bits per heavy atom. The SMILES string of the molecule is CCN1CC2(CCN(C(=O)c3cc(C(N)=S)c(-c4ccc(C(F)(F)F)cc4)nc3C(F)F)CC2)CC1=O. The van der Waals surface area contributed by atoms with E-state index in [9.17, 15) is 31.5 Å². The first kappa shape index (κ1) is 26.9. The summed E-state index contributed by atoms with van der Waals surface area (Å²) < 4.78 is 67.0. The van der Waals surface area contributed by atoms with Gasteiger partial charge in [-0.2, -0.15) is 13.2 Å². The first-order valence-corrected chi connectivity index (χ1v) is 12.1. The van der Waals surface area contributed by atoms with Crippen molar-refractivity contribution >= 4 is 29.0 Å². The molecular weight excluding hydrogens is 515 g/mol. The number of halogens is 5. The Hall–Kier alpha value is -3.15. The fourth-order valence-corrected chi connectivity index (χ4v) is 5.20. The van der Waals surface area contributed by atoms with Crippen LogP contribution in [0.4, 0.5) is 22.0 Å². The summed E-state index contributed by atoms with van der Waals surface area (Å²) in [6.45, 7) is 3.70. The molecule has 2 saturated heterocycles. The maximum absolute atomic E-state index is 14.1. The van der Waals surface area contributed by atoms with Crippen molar-refractivity contribution < 1.29 is 31.5 Å². The van der Waals surface area contributed by atoms with E-state index in [-0.39, 0.29) is 51.8 Å². The van der Waals surface area contributed by atoms with Crippen LogP contribution in [-0.4, -0.2) is 57.8 Å². The second kappa shape index (κ2) is 9.96. The van der Waals surface area contributed by atoms with Crippen LogP contribution in [0, 0.1) is 5.41 Å². The first-order chi connectivity index (χ1) is 17.3. The molecule has 37 heavy (non-hydrogen) atoms. The van der Waals surface area contributed by atoms with Crippen LogP contribution in [0.15, 0.2) is 30.3 Å². The van der Waals surface area contributed by atoms with Crippen LogP contribution in [0.2, 0.25) is 0 Å². The van der Waals surface area contributed by atoms with Crippen LogP contribution in [0.25, 0.3) is 11.3 Å². The predicted octanol–water partition coefficient (Wildman–Crippen LogP) is 4.81. The van der Waals surface area contributed by atoms with E-state index >= 15 is 0 Å². The molecule has 0 saturated carbocycles. The largest absolute Gasteiger partial charge is 0.416 e. The minimum absolute atomic E-state index is 0.0102. The zero-order chi connectivity index (χ0) is 27.1. The van der Waals surface area contributed by atoms with Crippen molar-refractivity contribution in [3.8, 4) is 11.3 Å². The molecule has 1 spiro atoms. The lowest BCUT2D eigenvalue weighted by atomic mass is 9.77. The summed E-state index contributed by atoms with van der Waals surface area (Å²) in [5.74, 6) is -0.586. The minimum atomic E-state index is -4.57. The van der Waals surface area contributed by atoms with Gasteiger partial charge in [-0.25, -0.2) is 13.8 Å². The van der Waals surface area contributed by atoms with E-state index in [0.717, 1.165) is 30.3 Å². The van der Waals surface area contributed by atoms with Crippen molar-refractivity contribution in [3.05, 3.63) is 52.7 Å². The lowest BCUT2D eigenvalue weighted by Gasteiger charge is -2.39. The highest BCUT2D eigenvalue weighted by Gasteiger charge is 2.45. The second-order valence-corrected chi connectivity index (χ2v) is 9.87. The quantitative estimate of drug-likeness (QED) is 0.435. The molecule has 0 aliphatic carbocycles. The Bertz CT molecular complexity index is 1220. The third-order valence-corrected chi connectivity index (χ3v) is 7.36. The fourth-order valence-electron chi connectivity index (χ4n) is 5.05. The Labute approximate surface area is 215 Å². The smallest absolute Gasteiger partial charge is 0.389 e. The van der Waals surface area contributed by atoms with Gasteiger partial charge in [0.05, 0.1) is 16.8 Å². The molecule has 12 heteroatoms. The van der Waals surface area contributed by atoms with Crippen LogP contribution in [-0.2, 0) is 11.0 Å². The Morgan fingerprint density at radius 2 is 1.78 bits per heavy atom. The van der Waals surface area contributed by atoms with E-state index in [0.29, 0.717) is 32.4 Å². The molecule has 198 valence electrons. The van der Waals surface area contributed by atoms with Crippen molar-refractivity contribution in [1.82, 2.24) is 14.8 Å². The maximum atomic E-state index is 14.1. The van der Waals surface area contributed by atoms with E-state index in [1.165, 1.54) is 4.90 Å². The number of likely N-dealkylation sites (tertiary alicyclic amines) is 2. The lowest BCUT2D eigenvalue weighted by molar-refractivity contribution is -0.137. The number of carbonyl (C=O) groups is 2. The number of carbonyl (C=O) groups excluding carboxylic acids is 2. The number of piperidine rings is 1. The number of nitrogens with two attached hydrogens (primary N) is 1. The zero-order valence-electron chi connectivity index (χ0n) is 19.9. The molecule has 6 nitrogen and oxygen atoms in total. The highest BCUT2D eigenvalue weighted by atomic mass is 32.1. The Balaban J connectivity index is 1.65. The Kier molecular flexibility index (Phi) is 7.24. The van der Waals surface area contributed by atoms with Gasteiger partial charge in [-0.15, -0.1) is 0 Å². The van der Waals surface area contributed by atoms with Gasteiger partial charge in [-0.3, -0.25) is 9.59 Å². The highest BCUT2D eigenvalue weighted by molar-refractivity contribution is 7.80. The molecule has 2 fully saturated rings. The van der Waals surface area contributed by atoms with Crippen molar-refractivity contribution in [2.45, 2.75) is 38.8 Å². The molecule has 1 aromatic carbocycles. The van der Waals surface area contributed by atoms with E-state index in [2.05, 4.69) is 4.98 Å². The third-order valence-electron chi connectivity index (χ3n) is 7.14. The van der Waals surface area contributed by atoms with Gasteiger partial charge in [-0.05, 0) is 38.0 Å². The van der Waals surface area contributed by atoms with E-state index in [1.807, 2.05) is 6.92 Å². The number of alkyl halides is 5. The molecule has 0 radical (unpaired) electrons. The summed E-state index contributed by atoms with van der Waals surface area (Å²) in [5.41, 5.74) is 3.48. The highest BCUT2D eigenvalue weighted by Crippen LogP contribution is 2.41. The lowest BCUT2D eigenvalue weighted by Crippen LogP contribution is -2.44. The van der Waals surface area contributed by atoms with Crippen LogP contribution in [0.1, 0.15) is 59.8 Å². The molecule has 2 aliphatic rings. The Morgan fingerprint density at radius 1 is 1.16 bits per heavy atom. The molecule has 0 atom stereocenters. The van der Waals surface area contributed by atoms with Gasteiger partial charge in [-0.1, -0.05) is 24.4 Å². The topological polar surface area (TPSA) is 79.5 Å². The standard InChI is InChI=1S/C25H25F5N4O2S/c1-2-33-13-24(12-18(33)35)7-9-34(10-8-24)23(36)17-11-16(22(31)37)19(32-20(17)21(26)27)14-3-5-15(6-4-14)25(28,29)30/h3-6,11,21H,2,7-10,12-13H2,1H3,(H2,31,37). The number of pyridine rings is 1. The third kappa shape index (κ3) is 5.29. The molecule has 2 amide bonds. The molecule has 1 aromatic heterocycles. The van der Waals surface area contributed by atoms with Gasteiger partial charge in [0.2, 0.25) is 5.91 Å². The van der Waals surface area contributed by atoms with Gasteiger partial charge < -0.3 is 15.5 Å². The number of benzene rings is 1. The number of hydrogen-bond acceptors (Lipinski definition) is 4. The maximum Gasteiger partial charge on any atom is 0.416 e. The van der Waals surface area contributed by atoms with Crippen molar-refractivity contribution in [3.63, 3.8) is 0 Å². The first-order valence-electron chi connectivity index (χ1n) is 11.7. The normalized spacial score (nSPS) is 17.6. The average Bonchev–Trinajstić information content (AvgIpc) is 3.17. The molecule has 4 rings (SSSR count). The summed E-state index contributed by atoms with van der Waals surface area (Å²) >= 11 is 5.06. The minimum Gasteiger partial charge on any atom is -0.389 e. The predicted molar refractivity (Wildman–Crippen MR) is 130 cm³/mol. The average molecular weight is 541 g/mol. The van der Waals surface area contributed by atoms with E-state index < -0.39 is 29.8 Å². The second-order valence-electron chi connectivity index (χ2n) is 9.43. The van der Waals surface area contributed by atoms with Gasteiger partial charge in [0.1, 0.15) is 10.7 Å². The van der Waals surface area contributed by atoms with Crippen molar-refractivity contribution in [2.75, 3.05) is 26.2 Å². The van der Waals surface area contributed by atoms with E-state index in [1.54, 1.807) is 4.90 Å². The monoisotopic (exact) mass is 540 g/mol. The fraction of sp³-hybridized carbons (Fsp3) is 0.440. The molecular formula is C25H25F5N4O2S. The number of rotatable bonds is 5. The molecule has 3 heterocycles. The summed E-state index contributed by atoms with van der Waals surface area (Å²) in [5, 5.41) is 0. The molecule has 2 N–H and O–H groups in total. The van der Waals surface area contributed by atoms with E-state index in [4.69, 9.17) is 18.0 Å².